The van der Waals surface area contributed by atoms with Crippen LogP contribution in [0.3, 0.4) is 0 Å². The van der Waals surface area contributed by atoms with Crippen LogP contribution in [-0.2, 0) is 0 Å². The maximum absolute atomic E-state index is 12.2. The molecular weight excluding hydrogens is 178 g/mol. The Bertz CT molecular complexity index is 363. The Morgan fingerprint density at radius 2 is 2.00 bits per heavy atom. The van der Waals surface area contributed by atoms with Crippen molar-refractivity contribution >= 4 is 5.69 Å². The lowest BCUT2D eigenvalue weighted by Gasteiger charge is -2.54. The SMILES string of the molecule is CCC1(O)C=C[N+]1([O-])c1ccccc1. The molecule has 0 aromatic heterocycles. The van der Waals surface area contributed by atoms with E-state index in [1.807, 2.05) is 6.07 Å². The highest BCUT2D eigenvalue weighted by molar-refractivity contribution is 5.52. The van der Waals surface area contributed by atoms with Crippen LogP contribution in [0.15, 0.2) is 42.6 Å². The summed E-state index contributed by atoms with van der Waals surface area (Å²) < 4.78 is -0.760. The van der Waals surface area contributed by atoms with Crippen molar-refractivity contribution in [3.05, 3.63) is 47.8 Å². The van der Waals surface area contributed by atoms with Crippen molar-refractivity contribution in [2.24, 2.45) is 0 Å². The number of rotatable bonds is 2. The standard InChI is InChI=1S/C11H13NO2/c1-2-11(13)8-9-12(11,14)10-6-4-3-5-7-10/h3-9,13H,2H2,1H3. The lowest BCUT2D eigenvalue weighted by atomic mass is 10.0. The first kappa shape index (κ1) is 9.40. The van der Waals surface area contributed by atoms with Gasteiger partial charge in [-0.1, -0.05) is 25.1 Å². The number of nitrogens with zero attached hydrogens (tertiary/aromatic N) is 1. The van der Waals surface area contributed by atoms with Crippen LogP contribution in [0.5, 0.6) is 0 Å². The second kappa shape index (κ2) is 2.92. The van der Waals surface area contributed by atoms with Crippen LogP contribution in [0.25, 0.3) is 0 Å². The van der Waals surface area contributed by atoms with E-state index >= 15 is 0 Å². The first-order valence-corrected chi connectivity index (χ1v) is 4.70. The molecule has 3 heteroatoms. The van der Waals surface area contributed by atoms with E-state index in [1.54, 1.807) is 37.3 Å². The average Bonchev–Trinajstić information content (AvgIpc) is 2.26. The number of hydrogen-bond donors (Lipinski definition) is 1. The minimum Gasteiger partial charge on any atom is -0.620 e. The highest BCUT2D eigenvalue weighted by Crippen LogP contribution is 2.40. The van der Waals surface area contributed by atoms with Gasteiger partial charge in [-0.25, -0.2) is 0 Å². The highest BCUT2D eigenvalue weighted by Gasteiger charge is 2.48. The van der Waals surface area contributed by atoms with Gasteiger partial charge in [0.1, 0.15) is 11.9 Å². The predicted molar refractivity (Wildman–Crippen MR) is 56.0 cm³/mol. The Morgan fingerprint density at radius 3 is 2.43 bits per heavy atom. The maximum Gasteiger partial charge on any atom is 0.234 e. The van der Waals surface area contributed by atoms with Crippen molar-refractivity contribution in [3.63, 3.8) is 0 Å². The number of quaternary nitrogens is 1. The second-order valence-corrected chi connectivity index (χ2v) is 3.54. The number of aliphatic hydroxyl groups is 1. The molecule has 3 nitrogen and oxygen atoms in total. The third-order valence-corrected chi connectivity index (χ3v) is 2.79. The Hall–Kier alpha value is -1.16. The van der Waals surface area contributed by atoms with Gasteiger partial charge in [0.2, 0.25) is 5.72 Å². The Kier molecular flexibility index (Phi) is 1.96. The molecule has 0 radical (unpaired) electrons. The number of benzene rings is 1. The molecule has 0 saturated carbocycles. The van der Waals surface area contributed by atoms with E-state index in [0.717, 1.165) is 0 Å². The minimum absolute atomic E-state index is 0.419. The Balaban J connectivity index is 2.41. The molecule has 2 atom stereocenters. The fourth-order valence-corrected chi connectivity index (χ4v) is 1.69. The van der Waals surface area contributed by atoms with E-state index in [9.17, 15) is 10.3 Å². The minimum atomic E-state index is -1.28. The van der Waals surface area contributed by atoms with Gasteiger partial charge in [-0.05, 0) is 12.1 Å². The summed E-state index contributed by atoms with van der Waals surface area (Å²) in [6.07, 6.45) is 3.45. The molecular formula is C11H13NO2. The van der Waals surface area contributed by atoms with Gasteiger partial charge in [-0.3, -0.25) is 4.65 Å². The summed E-state index contributed by atoms with van der Waals surface area (Å²) in [6.45, 7) is 1.80. The van der Waals surface area contributed by atoms with Crippen molar-refractivity contribution in [1.29, 1.82) is 0 Å². The van der Waals surface area contributed by atoms with E-state index in [4.69, 9.17) is 0 Å². The van der Waals surface area contributed by atoms with Crippen molar-refractivity contribution in [3.8, 4) is 0 Å². The molecule has 1 aliphatic heterocycles. The first-order chi connectivity index (χ1) is 6.62. The summed E-state index contributed by atoms with van der Waals surface area (Å²) in [5, 5.41) is 22.2. The molecule has 1 aromatic rings. The molecule has 1 aliphatic rings. The quantitative estimate of drug-likeness (QED) is 0.574. The van der Waals surface area contributed by atoms with Crippen molar-refractivity contribution in [2.75, 3.05) is 0 Å². The summed E-state index contributed by atoms with van der Waals surface area (Å²) in [6, 6.07) is 8.92. The molecule has 1 N–H and O–H groups in total. The van der Waals surface area contributed by atoms with E-state index in [2.05, 4.69) is 0 Å². The highest BCUT2D eigenvalue weighted by atomic mass is 16.6. The van der Waals surface area contributed by atoms with Gasteiger partial charge >= 0.3 is 0 Å². The molecule has 14 heavy (non-hydrogen) atoms. The summed E-state index contributed by atoms with van der Waals surface area (Å²) in [4.78, 5) is 0. The molecule has 0 amide bonds. The van der Waals surface area contributed by atoms with Gasteiger partial charge < -0.3 is 10.3 Å². The molecule has 74 valence electrons. The smallest absolute Gasteiger partial charge is 0.234 e. The van der Waals surface area contributed by atoms with Gasteiger partial charge in [0.05, 0.1) is 6.08 Å². The lowest BCUT2D eigenvalue weighted by Crippen LogP contribution is -2.63. The largest absolute Gasteiger partial charge is 0.620 e. The summed E-state index contributed by atoms with van der Waals surface area (Å²) >= 11 is 0. The zero-order valence-corrected chi connectivity index (χ0v) is 8.05. The van der Waals surface area contributed by atoms with Crippen LogP contribution < -0.4 is 4.65 Å². The molecule has 2 unspecified atom stereocenters. The van der Waals surface area contributed by atoms with Crippen LogP contribution in [0.1, 0.15) is 13.3 Å². The van der Waals surface area contributed by atoms with Crippen LogP contribution in [0, 0.1) is 5.21 Å². The summed E-state index contributed by atoms with van der Waals surface area (Å²) in [5.74, 6) is 0. The van der Waals surface area contributed by atoms with Crippen molar-refractivity contribution in [2.45, 2.75) is 19.1 Å². The van der Waals surface area contributed by atoms with Crippen LogP contribution in [-0.4, -0.2) is 10.8 Å². The van der Waals surface area contributed by atoms with Crippen LogP contribution >= 0.6 is 0 Å². The van der Waals surface area contributed by atoms with E-state index < -0.39 is 10.4 Å². The fraction of sp³-hybridized carbons (Fsp3) is 0.273. The molecule has 0 aliphatic carbocycles. The van der Waals surface area contributed by atoms with E-state index in [-0.39, 0.29) is 0 Å². The summed E-state index contributed by atoms with van der Waals surface area (Å²) in [5.41, 5.74) is -0.708. The molecule has 0 bridgehead atoms. The Labute approximate surface area is 83.1 Å². The molecule has 0 spiro atoms. The third kappa shape index (κ3) is 1.04. The van der Waals surface area contributed by atoms with Gasteiger partial charge in [-0.2, -0.15) is 0 Å². The molecule has 0 fully saturated rings. The van der Waals surface area contributed by atoms with Crippen LogP contribution in [0.2, 0.25) is 0 Å². The molecule has 1 aromatic carbocycles. The third-order valence-electron chi connectivity index (χ3n) is 2.79. The van der Waals surface area contributed by atoms with E-state index in [1.165, 1.54) is 6.20 Å². The van der Waals surface area contributed by atoms with Gasteiger partial charge in [0.15, 0.2) is 0 Å². The first-order valence-electron chi connectivity index (χ1n) is 4.70. The second-order valence-electron chi connectivity index (χ2n) is 3.54. The fourth-order valence-electron chi connectivity index (χ4n) is 1.69. The van der Waals surface area contributed by atoms with E-state index in [0.29, 0.717) is 12.1 Å². The maximum atomic E-state index is 12.2. The number of para-hydroxylation sites is 1. The van der Waals surface area contributed by atoms with Crippen molar-refractivity contribution in [1.82, 2.24) is 4.65 Å². The summed E-state index contributed by atoms with van der Waals surface area (Å²) in [7, 11) is 0. The normalized spacial score (nSPS) is 35.4. The van der Waals surface area contributed by atoms with Gasteiger partial charge in [0.25, 0.3) is 0 Å². The topological polar surface area (TPSA) is 43.3 Å². The lowest BCUT2D eigenvalue weighted by molar-refractivity contribution is -0.0376. The number of hydrogen-bond acceptors (Lipinski definition) is 2. The predicted octanol–water partition coefficient (Wildman–Crippen LogP) is 2.12. The molecule has 2 rings (SSSR count). The van der Waals surface area contributed by atoms with Gasteiger partial charge in [-0.15, -0.1) is 0 Å². The average molecular weight is 191 g/mol. The Morgan fingerprint density at radius 1 is 1.36 bits per heavy atom. The van der Waals surface area contributed by atoms with Gasteiger partial charge in [0, 0.05) is 6.42 Å². The zero-order valence-electron chi connectivity index (χ0n) is 8.05. The van der Waals surface area contributed by atoms with Crippen LogP contribution in [0.4, 0.5) is 5.69 Å². The molecule has 1 heterocycles. The van der Waals surface area contributed by atoms with Crippen molar-refractivity contribution < 1.29 is 5.11 Å². The monoisotopic (exact) mass is 191 g/mol. The molecule has 0 saturated heterocycles. The number of hydroxylamine groups is 2. The zero-order chi connectivity index (χ0) is 10.2.